The maximum absolute atomic E-state index is 2.47. The van der Waals surface area contributed by atoms with Crippen LogP contribution < -0.4 is 0 Å². The Kier molecular flexibility index (Phi) is 3.82. The third kappa shape index (κ3) is 2.27. The van der Waals surface area contributed by atoms with E-state index < -0.39 is 0 Å². The first-order valence-electron chi connectivity index (χ1n) is 6.07. The van der Waals surface area contributed by atoms with E-state index in [1.165, 1.54) is 19.3 Å². The van der Waals surface area contributed by atoms with E-state index in [2.05, 4.69) is 34.6 Å². The minimum Gasteiger partial charge on any atom is -0.0651 e. The molecular formula is C13H26. The minimum atomic E-state index is 0.935. The summed E-state index contributed by atoms with van der Waals surface area (Å²) in [6.07, 6.45) is 4.29. The van der Waals surface area contributed by atoms with Crippen molar-refractivity contribution in [3.8, 4) is 0 Å². The Morgan fingerprint density at radius 3 is 2.23 bits per heavy atom. The Morgan fingerprint density at radius 2 is 1.69 bits per heavy atom. The van der Waals surface area contributed by atoms with Crippen LogP contribution in [0.1, 0.15) is 53.9 Å². The highest BCUT2D eigenvalue weighted by Crippen LogP contribution is 2.42. The van der Waals surface area contributed by atoms with Crippen LogP contribution >= 0.6 is 0 Å². The summed E-state index contributed by atoms with van der Waals surface area (Å²) < 4.78 is 0. The minimum absolute atomic E-state index is 0.935. The van der Waals surface area contributed by atoms with Gasteiger partial charge < -0.3 is 0 Å². The van der Waals surface area contributed by atoms with Gasteiger partial charge in [-0.25, -0.2) is 0 Å². The predicted molar refractivity (Wildman–Crippen MR) is 59.7 cm³/mol. The Labute approximate surface area is 84.1 Å². The molecule has 0 heterocycles. The largest absolute Gasteiger partial charge is 0.0651 e. The fourth-order valence-corrected chi connectivity index (χ4v) is 2.99. The molecule has 5 atom stereocenters. The first-order valence-corrected chi connectivity index (χ1v) is 6.07. The van der Waals surface area contributed by atoms with Gasteiger partial charge in [0.25, 0.3) is 0 Å². The molecule has 1 aliphatic rings. The van der Waals surface area contributed by atoms with Crippen LogP contribution in [0.2, 0.25) is 0 Å². The van der Waals surface area contributed by atoms with Gasteiger partial charge in [0.2, 0.25) is 0 Å². The molecule has 0 aromatic heterocycles. The second-order valence-corrected chi connectivity index (χ2v) is 5.32. The Morgan fingerprint density at radius 1 is 1.08 bits per heavy atom. The highest BCUT2D eigenvalue weighted by atomic mass is 14.4. The lowest BCUT2D eigenvalue weighted by atomic mass is 9.65. The van der Waals surface area contributed by atoms with Crippen molar-refractivity contribution in [1.82, 2.24) is 0 Å². The Balaban J connectivity index is 2.58. The van der Waals surface area contributed by atoms with Crippen LogP contribution in [0.4, 0.5) is 0 Å². The van der Waals surface area contributed by atoms with Gasteiger partial charge in [-0.1, -0.05) is 47.5 Å². The highest BCUT2D eigenvalue weighted by Gasteiger charge is 2.33. The van der Waals surface area contributed by atoms with Crippen molar-refractivity contribution in [2.75, 3.05) is 0 Å². The SMILES string of the molecule is CCC(C)C1CCC(C)C(C)C1C. The molecule has 0 bridgehead atoms. The van der Waals surface area contributed by atoms with Crippen molar-refractivity contribution in [3.63, 3.8) is 0 Å². The normalized spacial score (nSPS) is 43.2. The first-order chi connectivity index (χ1) is 6.07. The highest BCUT2D eigenvalue weighted by molar-refractivity contribution is 4.83. The molecular weight excluding hydrogens is 156 g/mol. The fourth-order valence-electron chi connectivity index (χ4n) is 2.99. The Hall–Kier alpha value is 0. The van der Waals surface area contributed by atoms with Crippen LogP contribution in [0.25, 0.3) is 0 Å². The summed E-state index contributed by atoms with van der Waals surface area (Å²) in [6.45, 7) is 12.1. The molecule has 0 heteroatoms. The zero-order valence-corrected chi connectivity index (χ0v) is 10.0. The predicted octanol–water partition coefficient (Wildman–Crippen LogP) is 4.35. The van der Waals surface area contributed by atoms with E-state index in [9.17, 15) is 0 Å². The van der Waals surface area contributed by atoms with Crippen LogP contribution in [0.15, 0.2) is 0 Å². The van der Waals surface area contributed by atoms with Crippen LogP contribution in [-0.2, 0) is 0 Å². The van der Waals surface area contributed by atoms with Crippen molar-refractivity contribution in [2.24, 2.45) is 29.6 Å². The zero-order valence-electron chi connectivity index (χ0n) is 10.0. The van der Waals surface area contributed by atoms with Gasteiger partial charge in [0.05, 0.1) is 0 Å². The van der Waals surface area contributed by atoms with Gasteiger partial charge in [0.1, 0.15) is 0 Å². The molecule has 1 fully saturated rings. The van der Waals surface area contributed by atoms with Crippen molar-refractivity contribution in [3.05, 3.63) is 0 Å². The lowest BCUT2D eigenvalue weighted by Gasteiger charge is -2.41. The van der Waals surface area contributed by atoms with Crippen LogP contribution in [-0.4, -0.2) is 0 Å². The summed E-state index contributed by atoms with van der Waals surface area (Å²) in [7, 11) is 0. The molecule has 5 unspecified atom stereocenters. The average molecular weight is 182 g/mol. The second kappa shape index (κ2) is 4.48. The molecule has 13 heavy (non-hydrogen) atoms. The average Bonchev–Trinajstić information content (AvgIpc) is 2.13. The summed E-state index contributed by atoms with van der Waals surface area (Å²) in [5.41, 5.74) is 0. The summed E-state index contributed by atoms with van der Waals surface area (Å²) in [6, 6.07) is 0. The third-order valence-electron chi connectivity index (χ3n) is 4.73. The molecule has 0 radical (unpaired) electrons. The summed E-state index contributed by atoms with van der Waals surface area (Å²) in [4.78, 5) is 0. The molecule has 0 aromatic rings. The van der Waals surface area contributed by atoms with Gasteiger partial charge in [-0.2, -0.15) is 0 Å². The van der Waals surface area contributed by atoms with Gasteiger partial charge in [-0.3, -0.25) is 0 Å². The standard InChI is InChI=1S/C13H26/c1-6-9(2)13-8-7-10(3)11(4)12(13)5/h9-13H,6-8H2,1-5H3. The quantitative estimate of drug-likeness (QED) is 0.595. The van der Waals surface area contributed by atoms with Crippen molar-refractivity contribution in [2.45, 2.75) is 53.9 Å². The van der Waals surface area contributed by atoms with Gasteiger partial charge >= 0.3 is 0 Å². The molecule has 0 aliphatic heterocycles. The molecule has 0 saturated heterocycles. The topological polar surface area (TPSA) is 0 Å². The van der Waals surface area contributed by atoms with Gasteiger partial charge in [-0.05, 0) is 36.0 Å². The van der Waals surface area contributed by atoms with E-state index in [1.54, 1.807) is 0 Å². The lowest BCUT2D eigenvalue weighted by Crippen LogP contribution is -2.33. The van der Waals surface area contributed by atoms with E-state index in [-0.39, 0.29) is 0 Å². The fraction of sp³-hybridized carbons (Fsp3) is 1.00. The molecule has 1 saturated carbocycles. The first kappa shape index (κ1) is 11.1. The van der Waals surface area contributed by atoms with E-state index in [0.717, 1.165) is 29.6 Å². The maximum atomic E-state index is 2.47. The maximum Gasteiger partial charge on any atom is -0.0360 e. The van der Waals surface area contributed by atoms with Crippen LogP contribution in [0.5, 0.6) is 0 Å². The van der Waals surface area contributed by atoms with Gasteiger partial charge in [-0.15, -0.1) is 0 Å². The Bertz CT molecular complexity index is 150. The number of hydrogen-bond donors (Lipinski definition) is 0. The molecule has 0 aromatic carbocycles. The lowest BCUT2D eigenvalue weighted by molar-refractivity contribution is 0.0865. The molecule has 1 rings (SSSR count). The molecule has 78 valence electrons. The molecule has 1 aliphatic carbocycles. The zero-order chi connectivity index (χ0) is 10.0. The smallest absolute Gasteiger partial charge is 0.0360 e. The van der Waals surface area contributed by atoms with Crippen molar-refractivity contribution in [1.29, 1.82) is 0 Å². The van der Waals surface area contributed by atoms with E-state index in [1.807, 2.05) is 0 Å². The van der Waals surface area contributed by atoms with E-state index in [4.69, 9.17) is 0 Å². The van der Waals surface area contributed by atoms with Crippen LogP contribution in [0, 0.1) is 29.6 Å². The summed E-state index contributed by atoms with van der Waals surface area (Å²) in [5, 5.41) is 0. The van der Waals surface area contributed by atoms with E-state index >= 15 is 0 Å². The number of rotatable bonds is 2. The number of hydrogen-bond acceptors (Lipinski definition) is 0. The second-order valence-electron chi connectivity index (χ2n) is 5.32. The summed E-state index contributed by atoms with van der Waals surface area (Å²) in [5.74, 6) is 4.77. The molecule has 0 spiro atoms. The van der Waals surface area contributed by atoms with Crippen LogP contribution in [0.3, 0.4) is 0 Å². The van der Waals surface area contributed by atoms with Gasteiger partial charge in [0, 0.05) is 0 Å². The monoisotopic (exact) mass is 182 g/mol. The summed E-state index contributed by atoms with van der Waals surface area (Å²) >= 11 is 0. The van der Waals surface area contributed by atoms with Gasteiger partial charge in [0.15, 0.2) is 0 Å². The van der Waals surface area contributed by atoms with Crippen molar-refractivity contribution >= 4 is 0 Å². The molecule has 0 amide bonds. The molecule has 0 nitrogen and oxygen atoms in total. The molecule has 0 N–H and O–H groups in total. The third-order valence-corrected chi connectivity index (χ3v) is 4.73. The van der Waals surface area contributed by atoms with E-state index in [0.29, 0.717) is 0 Å². The van der Waals surface area contributed by atoms with Crippen molar-refractivity contribution < 1.29 is 0 Å².